The Kier molecular flexibility index (Phi) is 4.87. The summed E-state index contributed by atoms with van der Waals surface area (Å²) >= 11 is 9.07. The van der Waals surface area contributed by atoms with Crippen molar-refractivity contribution in [2.75, 3.05) is 0 Å². The highest BCUT2D eigenvalue weighted by Crippen LogP contribution is 2.17. The van der Waals surface area contributed by atoms with Gasteiger partial charge in [-0.2, -0.15) is 0 Å². The van der Waals surface area contributed by atoms with Gasteiger partial charge in [-0.05, 0) is 33.6 Å². The zero-order chi connectivity index (χ0) is 15.4. The van der Waals surface area contributed by atoms with Crippen LogP contribution < -0.4 is 5.32 Å². The van der Waals surface area contributed by atoms with Crippen LogP contribution in [0.3, 0.4) is 0 Å². The smallest absolute Gasteiger partial charge is 0.354 e. The molecule has 0 radical (unpaired) electrons. The number of aromatic nitrogens is 2. The molecule has 2 rings (SSSR count). The summed E-state index contributed by atoms with van der Waals surface area (Å²) in [5.74, 6) is -1.48. The number of hydrogen-bond donors (Lipinski definition) is 2. The predicted molar refractivity (Wildman–Crippen MR) is 79.3 cm³/mol. The lowest BCUT2D eigenvalue weighted by molar-refractivity contribution is 0.0690. The van der Waals surface area contributed by atoms with Crippen LogP contribution in [0.4, 0.5) is 0 Å². The summed E-state index contributed by atoms with van der Waals surface area (Å²) in [6, 6.07) is 4.52. The van der Waals surface area contributed by atoms with E-state index in [1.54, 1.807) is 12.1 Å². The molecular formula is C13H9BrClN3O3. The highest BCUT2D eigenvalue weighted by atomic mass is 79.9. The van der Waals surface area contributed by atoms with E-state index in [1.165, 1.54) is 18.5 Å². The van der Waals surface area contributed by atoms with E-state index in [2.05, 4.69) is 31.2 Å². The van der Waals surface area contributed by atoms with Gasteiger partial charge in [0.25, 0.3) is 5.91 Å². The summed E-state index contributed by atoms with van der Waals surface area (Å²) in [5, 5.41) is 11.5. The van der Waals surface area contributed by atoms with Crippen molar-refractivity contribution < 1.29 is 14.7 Å². The molecule has 0 atom stereocenters. The molecule has 2 aromatic heterocycles. The second kappa shape index (κ2) is 6.64. The zero-order valence-electron chi connectivity index (χ0n) is 10.5. The number of carboxylic acids is 1. The molecule has 0 spiro atoms. The number of carboxylic acid groups (broad SMARTS) is 1. The van der Waals surface area contributed by atoms with Gasteiger partial charge in [0.15, 0.2) is 0 Å². The van der Waals surface area contributed by atoms with Gasteiger partial charge in [-0.25, -0.2) is 14.8 Å². The number of rotatable bonds is 4. The van der Waals surface area contributed by atoms with Gasteiger partial charge >= 0.3 is 5.97 Å². The normalized spacial score (nSPS) is 10.2. The van der Waals surface area contributed by atoms with Gasteiger partial charge in [0.05, 0.1) is 5.56 Å². The standard InChI is InChI=1S/C13H9BrClN3O3/c14-8-3-9(11(15)17-6-8)12(19)18-5-7-1-2-10(13(20)21)16-4-7/h1-4,6H,5H2,(H,18,19)(H,20,21). The molecule has 0 aliphatic heterocycles. The molecule has 108 valence electrons. The van der Waals surface area contributed by atoms with Crippen LogP contribution in [0.5, 0.6) is 0 Å². The van der Waals surface area contributed by atoms with Gasteiger partial charge in [-0.3, -0.25) is 4.79 Å². The van der Waals surface area contributed by atoms with Crippen LogP contribution in [0.2, 0.25) is 5.15 Å². The lowest BCUT2D eigenvalue weighted by Crippen LogP contribution is -2.23. The van der Waals surface area contributed by atoms with Gasteiger partial charge in [-0.1, -0.05) is 17.7 Å². The molecule has 0 unspecified atom stereocenters. The van der Waals surface area contributed by atoms with Gasteiger partial charge in [0, 0.05) is 23.4 Å². The fraction of sp³-hybridized carbons (Fsp3) is 0.0769. The first-order chi connectivity index (χ1) is 9.97. The van der Waals surface area contributed by atoms with Crippen LogP contribution in [0.25, 0.3) is 0 Å². The van der Waals surface area contributed by atoms with Crippen molar-refractivity contribution in [3.63, 3.8) is 0 Å². The Morgan fingerprint density at radius 1 is 1.29 bits per heavy atom. The molecule has 21 heavy (non-hydrogen) atoms. The van der Waals surface area contributed by atoms with Crippen LogP contribution in [-0.2, 0) is 6.54 Å². The van der Waals surface area contributed by atoms with Crippen molar-refractivity contribution in [3.05, 3.63) is 57.0 Å². The molecule has 2 aromatic rings. The Morgan fingerprint density at radius 3 is 2.67 bits per heavy atom. The minimum atomic E-state index is -1.10. The molecular weight excluding hydrogens is 362 g/mol. The van der Waals surface area contributed by atoms with E-state index < -0.39 is 5.97 Å². The average molecular weight is 371 g/mol. The third-order valence-corrected chi connectivity index (χ3v) is 3.28. The second-order valence-electron chi connectivity index (χ2n) is 4.03. The lowest BCUT2D eigenvalue weighted by atomic mass is 10.2. The van der Waals surface area contributed by atoms with E-state index in [1.807, 2.05) is 0 Å². The number of hydrogen-bond acceptors (Lipinski definition) is 4. The molecule has 0 aromatic carbocycles. The molecule has 0 saturated carbocycles. The maximum atomic E-state index is 12.0. The minimum absolute atomic E-state index is 0.0516. The second-order valence-corrected chi connectivity index (χ2v) is 5.31. The molecule has 2 heterocycles. The van der Waals surface area contributed by atoms with E-state index in [0.717, 1.165) is 0 Å². The molecule has 2 N–H and O–H groups in total. The van der Waals surface area contributed by atoms with Gasteiger partial charge in [-0.15, -0.1) is 0 Å². The van der Waals surface area contributed by atoms with Crippen molar-refractivity contribution in [2.45, 2.75) is 6.54 Å². The van der Waals surface area contributed by atoms with E-state index in [9.17, 15) is 9.59 Å². The van der Waals surface area contributed by atoms with Crippen molar-refractivity contribution in [3.8, 4) is 0 Å². The first-order valence-corrected chi connectivity index (χ1v) is 6.92. The Bertz CT molecular complexity index is 692. The maximum absolute atomic E-state index is 12.0. The average Bonchev–Trinajstić information content (AvgIpc) is 2.47. The number of nitrogens with one attached hydrogen (secondary N) is 1. The highest BCUT2D eigenvalue weighted by molar-refractivity contribution is 9.10. The zero-order valence-corrected chi connectivity index (χ0v) is 12.8. The molecule has 6 nitrogen and oxygen atoms in total. The van der Waals surface area contributed by atoms with Crippen LogP contribution in [-0.4, -0.2) is 27.0 Å². The number of pyridine rings is 2. The molecule has 8 heteroatoms. The first kappa shape index (κ1) is 15.4. The van der Waals surface area contributed by atoms with Crippen molar-refractivity contribution in [1.82, 2.24) is 15.3 Å². The van der Waals surface area contributed by atoms with Gasteiger partial charge in [0.2, 0.25) is 0 Å². The topological polar surface area (TPSA) is 92.2 Å². The number of carbonyl (C=O) groups excluding carboxylic acids is 1. The molecule has 0 bridgehead atoms. The third kappa shape index (κ3) is 3.99. The van der Waals surface area contributed by atoms with E-state index in [-0.39, 0.29) is 28.9 Å². The summed E-state index contributed by atoms with van der Waals surface area (Å²) in [5.41, 5.74) is 0.873. The predicted octanol–water partition coefficient (Wildman–Crippen LogP) is 2.52. The molecule has 0 saturated heterocycles. The monoisotopic (exact) mass is 369 g/mol. The summed E-state index contributed by atoms with van der Waals surface area (Å²) in [6.07, 6.45) is 2.89. The number of nitrogens with zero attached hydrogens (tertiary/aromatic N) is 2. The quantitative estimate of drug-likeness (QED) is 0.807. The Balaban J connectivity index is 2.04. The van der Waals surface area contributed by atoms with E-state index >= 15 is 0 Å². The van der Waals surface area contributed by atoms with Crippen molar-refractivity contribution in [2.24, 2.45) is 0 Å². The molecule has 0 aliphatic carbocycles. The van der Waals surface area contributed by atoms with Crippen molar-refractivity contribution >= 4 is 39.4 Å². The minimum Gasteiger partial charge on any atom is -0.477 e. The maximum Gasteiger partial charge on any atom is 0.354 e. The number of halogens is 2. The lowest BCUT2D eigenvalue weighted by Gasteiger charge is -2.07. The molecule has 1 amide bonds. The SMILES string of the molecule is O=C(O)c1ccc(CNC(=O)c2cc(Br)cnc2Cl)cn1. The third-order valence-electron chi connectivity index (χ3n) is 2.55. The van der Waals surface area contributed by atoms with Crippen molar-refractivity contribution in [1.29, 1.82) is 0 Å². The van der Waals surface area contributed by atoms with Gasteiger partial charge in [0.1, 0.15) is 10.8 Å². The number of amides is 1. The van der Waals surface area contributed by atoms with Gasteiger partial charge < -0.3 is 10.4 Å². The first-order valence-electron chi connectivity index (χ1n) is 5.75. The van der Waals surface area contributed by atoms with Crippen LogP contribution in [0.15, 0.2) is 35.1 Å². The van der Waals surface area contributed by atoms with Crippen LogP contribution in [0.1, 0.15) is 26.4 Å². The summed E-state index contributed by atoms with van der Waals surface area (Å²) in [7, 11) is 0. The number of aromatic carboxylic acids is 1. The molecule has 0 fully saturated rings. The fourth-order valence-corrected chi connectivity index (χ4v) is 2.04. The van der Waals surface area contributed by atoms with Crippen LogP contribution >= 0.6 is 27.5 Å². The number of carbonyl (C=O) groups is 2. The summed E-state index contributed by atoms with van der Waals surface area (Å²) in [6.45, 7) is 0.203. The Labute approximate surface area is 133 Å². The van der Waals surface area contributed by atoms with E-state index in [0.29, 0.717) is 10.0 Å². The largest absolute Gasteiger partial charge is 0.477 e. The summed E-state index contributed by atoms with van der Waals surface area (Å²) < 4.78 is 0.643. The van der Waals surface area contributed by atoms with E-state index in [4.69, 9.17) is 16.7 Å². The Hall–Kier alpha value is -1.99. The van der Waals surface area contributed by atoms with Crippen LogP contribution in [0, 0.1) is 0 Å². The fourth-order valence-electron chi connectivity index (χ4n) is 1.51. The molecule has 0 aliphatic rings. The highest BCUT2D eigenvalue weighted by Gasteiger charge is 2.12. The summed E-state index contributed by atoms with van der Waals surface area (Å²) in [4.78, 5) is 30.3. The Morgan fingerprint density at radius 2 is 2.05 bits per heavy atom.